The van der Waals surface area contributed by atoms with E-state index in [9.17, 15) is 31.2 Å². The first-order valence-electron chi connectivity index (χ1n) is 12.4. The number of anilines is 1. The molecule has 1 fully saturated rings. The van der Waals surface area contributed by atoms with Crippen LogP contribution in [0.15, 0.2) is 53.6 Å². The highest BCUT2D eigenvalue weighted by Crippen LogP contribution is 2.35. The summed E-state index contributed by atoms with van der Waals surface area (Å²) in [6.45, 7) is 0.804. The maximum atomic E-state index is 13.3. The number of hydrogen-bond donors (Lipinski definition) is 3. The number of rotatable bonds is 8. The highest BCUT2D eigenvalue weighted by molar-refractivity contribution is 7.89. The maximum Gasteiger partial charge on any atom is 0.416 e. The summed E-state index contributed by atoms with van der Waals surface area (Å²) in [5.74, 6) is -0.504. The lowest BCUT2D eigenvalue weighted by atomic mass is 10.1. The van der Waals surface area contributed by atoms with E-state index in [-0.39, 0.29) is 48.2 Å². The molecule has 1 aliphatic heterocycles. The Morgan fingerprint density at radius 2 is 1.73 bits per heavy atom. The number of sulfonamides is 1. The molecule has 3 N–H and O–H groups in total. The number of unbranched alkanes of at least 4 members (excludes halogenated alkanes) is 1. The van der Waals surface area contributed by atoms with Gasteiger partial charge in [0.15, 0.2) is 0 Å². The van der Waals surface area contributed by atoms with E-state index in [4.69, 9.17) is 16.8 Å². The van der Waals surface area contributed by atoms with Crippen molar-refractivity contribution in [1.29, 1.82) is 0 Å². The number of piperazine rings is 1. The molecule has 2 aromatic carbocycles. The van der Waals surface area contributed by atoms with Gasteiger partial charge in [0, 0.05) is 61.4 Å². The van der Waals surface area contributed by atoms with Crippen LogP contribution in [0, 0.1) is 0 Å². The topological polar surface area (TPSA) is 124 Å². The number of carbonyl (C=O) groups is 2. The van der Waals surface area contributed by atoms with Crippen molar-refractivity contribution in [1.82, 2.24) is 19.7 Å². The molecule has 40 heavy (non-hydrogen) atoms. The second-order valence-electron chi connectivity index (χ2n) is 9.22. The minimum absolute atomic E-state index is 0.0379. The van der Waals surface area contributed by atoms with E-state index in [2.05, 4.69) is 5.32 Å². The molecule has 0 saturated carbocycles. The van der Waals surface area contributed by atoms with Crippen LogP contribution in [0.1, 0.15) is 24.8 Å². The van der Waals surface area contributed by atoms with Crippen LogP contribution in [-0.4, -0.2) is 67.2 Å². The largest absolute Gasteiger partial charge is 0.416 e. The van der Waals surface area contributed by atoms with Crippen LogP contribution < -0.4 is 15.7 Å². The Kier molecular flexibility index (Phi) is 8.93. The number of hydroxylamine groups is 1. The Morgan fingerprint density at radius 3 is 2.40 bits per heavy atom. The van der Waals surface area contributed by atoms with Crippen molar-refractivity contribution in [3.05, 3.63) is 59.2 Å². The van der Waals surface area contributed by atoms with Crippen LogP contribution in [0.2, 0.25) is 5.02 Å². The van der Waals surface area contributed by atoms with Gasteiger partial charge in [-0.25, -0.2) is 18.7 Å². The van der Waals surface area contributed by atoms with Gasteiger partial charge in [-0.2, -0.15) is 17.5 Å². The van der Waals surface area contributed by atoms with Crippen LogP contribution in [0.3, 0.4) is 0 Å². The number of halogens is 4. The number of carbonyl (C=O) groups excluding carboxylic acids is 2. The summed E-state index contributed by atoms with van der Waals surface area (Å²) in [6.07, 6.45) is -1.90. The van der Waals surface area contributed by atoms with Crippen LogP contribution in [0.5, 0.6) is 0 Å². The summed E-state index contributed by atoms with van der Waals surface area (Å²) in [7, 11) is -3.90. The molecule has 2 heterocycles. The molecule has 1 aromatic heterocycles. The highest BCUT2D eigenvalue weighted by atomic mass is 35.5. The number of benzene rings is 2. The van der Waals surface area contributed by atoms with E-state index in [1.165, 1.54) is 39.3 Å². The third-order valence-corrected chi connectivity index (χ3v) is 8.68. The van der Waals surface area contributed by atoms with Gasteiger partial charge in [-0.1, -0.05) is 11.6 Å². The predicted octanol–water partition coefficient (Wildman–Crippen LogP) is 4.06. The van der Waals surface area contributed by atoms with Gasteiger partial charge >= 0.3 is 12.2 Å². The normalized spacial score (nSPS) is 14.9. The third-order valence-electron chi connectivity index (χ3n) is 6.56. The molecule has 4 rings (SSSR count). The smallest absolute Gasteiger partial charge is 0.369 e. The number of hydrogen-bond acceptors (Lipinski definition) is 6. The van der Waals surface area contributed by atoms with Crippen LogP contribution in [-0.2, 0) is 21.0 Å². The van der Waals surface area contributed by atoms with Gasteiger partial charge < -0.3 is 10.2 Å². The van der Waals surface area contributed by atoms with Crippen LogP contribution >= 0.6 is 11.6 Å². The van der Waals surface area contributed by atoms with Crippen molar-refractivity contribution in [2.24, 2.45) is 0 Å². The summed E-state index contributed by atoms with van der Waals surface area (Å²) in [5, 5.41) is 11.7. The molecule has 0 unspecified atom stereocenters. The molecular formula is C25H27ClF3N5O5S. The molecule has 0 bridgehead atoms. The van der Waals surface area contributed by atoms with E-state index in [1.807, 2.05) is 0 Å². The summed E-state index contributed by atoms with van der Waals surface area (Å²) in [6, 6.07) is 8.90. The van der Waals surface area contributed by atoms with E-state index < -0.39 is 33.7 Å². The Hall–Kier alpha value is -3.33. The Labute approximate surface area is 233 Å². The van der Waals surface area contributed by atoms with Crippen molar-refractivity contribution in [2.45, 2.75) is 30.3 Å². The van der Waals surface area contributed by atoms with Gasteiger partial charge in [0.1, 0.15) is 0 Å². The highest BCUT2D eigenvalue weighted by Gasteiger charge is 2.33. The van der Waals surface area contributed by atoms with E-state index in [0.29, 0.717) is 30.3 Å². The molecule has 0 aliphatic carbocycles. The average molecular weight is 602 g/mol. The molecular weight excluding hydrogens is 575 g/mol. The quantitative estimate of drug-likeness (QED) is 0.203. The van der Waals surface area contributed by atoms with Crippen LogP contribution in [0.4, 0.5) is 23.7 Å². The van der Waals surface area contributed by atoms with Gasteiger partial charge in [0.2, 0.25) is 15.9 Å². The number of alkyl halides is 3. The minimum Gasteiger partial charge on any atom is -0.369 e. The fraction of sp³-hybridized carbons (Fsp3) is 0.360. The van der Waals surface area contributed by atoms with E-state index in [0.717, 1.165) is 12.1 Å². The maximum absolute atomic E-state index is 13.3. The van der Waals surface area contributed by atoms with Crippen LogP contribution in [0.25, 0.3) is 10.9 Å². The van der Waals surface area contributed by atoms with Crippen molar-refractivity contribution in [3.8, 4) is 0 Å². The second-order valence-corrected chi connectivity index (χ2v) is 11.6. The monoisotopic (exact) mass is 601 g/mol. The zero-order valence-electron chi connectivity index (χ0n) is 21.1. The number of nitrogens with zero attached hydrogens (tertiary/aromatic N) is 3. The zero-order chi connectivity index (χ0) is 29.1. The van der Waals surface area contributed by atoms with E-state index >= 15 is 0 Å². The molecule has 15 heteroatoms. The first kappa shape index (κ1) is 29.6. The van der Waals surface area contributed by atoms with E-state index in [1.54, 1.807) is 16.4 Å². The second kappa shape index (κ2) is 12.0. The SMILES string of the molecule is O=C(CCCCNC(=O)n1ccc2cc(S(=O)(=O)N3CCN(c4cc(Cl)cc(C(F)(F)F)c4)CC3)ccc21)NO. The van der Waals surface area contributed by atoms with Crippen molar-refractivity contribution in [2.75, 3.05) is 37.6 Å². The molecule has 216 valence electrons. The molecule has 0 atom stereocenters. The Bertz CT molecular complexity index is 1500. The number of nitrogens with one attached hydrogen (secondary N) is 2. The summed E-state index contributed by atoms with van der Waals surface area (Å²) in [4.78, 5) is 25.3. The van der Waals surface area contributed by atoms with Gasteiger partial charge in [0.05, 0.1) is 16.0 Å². The number of fused-ring (bicyclic) bond motifs is 1. The number of aromatic nitrogens is 1. The summed E-state index contributed by atoms with van der Waals surface area (Å²) >= 11 is 5.90. The first-order chi connectivity index (χ1) is 18.9. The standard InChI is InChI=1S/C25H27ClF3N5O5S/c26-19-14-18(25(27,28)29)15-20(16-19)32-9-11-33(12-10-32)40(38,39)21-4-5-22-17(13-21)6-8-34(22)24(36)30-7-2-1-3-23(35)31-37/h4-6,8,13-16,37H,1-3,7,9-12H2,(H,30,36)(H,31,35). The lowest BCUT2D eigenvalue weighted by Gasteiger charge is -2.35. The van der Waals surface area contributed by atoms with Gasteiger partial charge in [-0.15, -0.1) is 0 Å². The minimum atomic E-state index is -4.55. The predicted molar refractivity (Wildman–Crippen MR) is 142 cm³/mol. The Balaban J connectivity index is 1.40. The fourth-order valence-electron chi connectivity index (χ4n) is 4.46. The summed E-state index contributed by atoms with van der Waals surface area (Å²) < 4.78 is 68.9. The first-order valence-corrected chi connectivity index (χ1v) is 14.2. The van der Waals surface area contributed by atoms with Gasteiger partial charge in [-0.05, 0) is 55.3 Å². The van der Waals surface area contributed by atoms with Crippen molar-refractivity contribution in [3.63, 3.8) is 0 Å². The lowest BCUT2D eigenvalue weighted by molar-refractivity contribution is -0.137. The average Bonchev–Trinajstić information content (AvgIpc) is 3.35. The molecule has 10 nitrogen and oxygen atoms in total. The lowest BCUT2D eigenvalue weighted by Crippen LogP contribution is -2.48. The Morgan fingerprint density at radius 1 is 1.00 bits per heavy atom. The molecule has 0 spiro atoms. The zero-order valence-corrected chi connectivity index (χ0v) is 22.7. The summed E-state index contributed by atoms with van der Waals surface area (Å²) in [5.41, 5.74) is 1.45. The molecule has 2 amide bonds. The number of amides is 2. The molecule has 1 saturated heterocycles. The van der Waals surface area contributed by atoms with Crippen molar-refractivity contribution >= 4 is 50.2 Å². The third kappa shape index (κ3) is 6.69. The molecule has 0 radical (unpaired) electrons. The van der Waals surface area contributed by atoms with Crippen molar-refractivity contribution < 1.29 is 36.4 Å². The van der Waals surface area contributed by atoms with Gasteiger partial charge in [0.25, 0.3) is 0 Å². The molecule has 3 aromatic rings. The molecule has 1 aliphatic rings. The fourth-order valence-corrected chi connectivity index (χ4v) is 6.15. The van der Waals surface area contributed by atoms with Gasteiger partial charge in [-0.3, -0.25) is 14.6 Å².